The van der Waals surface area contributed by atoms with Crippen LogP contribution in [0.4, 0.5) is 5.82 Å². The summed E-state index contributed by atoms with van der Waals surface area (Å²) in [6.45, 7) is 2.70. The van der Waals surface area contributed by atoms with Crippen LogP contribution in [0.2, 0.25) is 0 Å². The maximum atomic E-state index is 13.7. The number of amides is 1. The van der Waals surface area contributed by atoms with Crippen LogP contribution in [-0.4, -0.2) is 54.0 Å². The van der Waals surface area contributed by atoms with Gasteiger partial charge in [0, 0.05) is 43.1 Å². The number of anilines is 1. The van der Waals surface area contributed by atoms with Crippen LogP contribution in [-0.2, 0) is 18.4 Å². The highest BCUT2D eigenvalue weighted by atomic mass is 32.2. The number of aryl methyl sites for hydroxylation is 2. The zero-order chi connectivity index (χ0) is 23.6. The molecule has 3 saturated carbocycles. The van der Waals surface area contributed by atoms with E-state index in [0.717, 1.165) is 65.6 Å². The molecule has 6 rings (SSSR count). The molecule has 3 aromatic rings. The number of nitrogens with zero attached hydrogens (tertiary/aromatic N) is 5. The molecule has 178 valence electrons. The molecule has 3 aromatic heterocycles. The number of imidazole rings is 1. The molecular weight excluding hydrogens is 448 g/mol. The summed E-state index contributed by atoms with van der Waals surface area (Å²) in [5.74, 6) is 1.07. The van der Waals surface area contributed by atoms with E-state index in [-0.39, 0.29) is 17.6 Å². The van der Waals surface area contributed by atoms with Gasteiger partial charge in [-0.3, -0.25) is 9.59 Å². The molecule has 3 heterocycles. The second-order valence-corrected chi connectivity index (χ2v) is 10.6. The van der Waals surface area contributed by atoms with Crippen molar-refractivity contribution in [2.24, 2.45) is 13.0 Å². The minimum Gasteiger partial charge on any atom is -0.333 e. The fraction of sp³-hybridized carbons (Fsp3) is 0.520. The number of hydrogen-bond donors (Lipinski definition) is 1. The first-order valence-electron chi connectivity index (χ1n) is 12.2. The van der Waals surface area contributed by atoms with Crippen molar-refractivity contribution in [1.29, 1.82) is 0 Å². The molecule has 0 aliphatic heterocycles. The minimum atomic E-state index is 0.120. The van der Waals surface area contributed by atoms with Gasteiger partial charge in [-0.2, -0.15) is 0 Å². The van der Waals surface area contributed by atoms with Crippen LogP contribution in [0.1, 0.15) is 55.9 Å². The zero-order valence-electron chi connectivity index (χ0n) is 19.9. The van der Waals surface area contributed by atoms with Crippen molar-refractivity contribution in [1.82, 2.24) is 24.0 Å². The van der Waals surface area contributed by atoms with Gasteiger partial charge in [0.1, 0.15) is 16.9 Å². The summed E-state index contributed by atoms with van der Waals surface area (Å²) in [7, 11) is 1.96. The van der Waals surface area contributed by atoms with Gasteiger partial charge < -0.3 is 19.4 Å². The van der Waals surface area contributed by atoms with Crippen molar-refractivity contribution in [3.63, 3.8) is 0 Å². The second-order valence-electron chi connectivity index (χ2n) is 9.71. The first kappa shape index (κ1) is 21.7. The Morgan fingerprint density at radius 2 is 1.91 bits per heavy atom. The van der Waals surface area contributed by atoms with Crippen LogP contribution in [0.25, 0.3) is 22.1 Å². The van der Waals surface area contributed by atoms with E-state index in [1.54, 1.807) is 12.4 Å². The number of nitrogens with one attached hydrogen (secondary N) is 1. The highest BCUT2D eigenvalue weighted by Gasteiger charge is 2.43. The number of carbonyl (C=O) groups is 2. The van der Waals surface area contributed by atoms with Gasteiger partial charge in [-0.25, -0.2) is 9.97 Å². The Morgan fingerprint density at radius 1 is 1.21 bits per heavy atom. The Kier molecular flexibility index (Phi) is 5.20. The highest BCUT2D eigenvalue weighted by Crippen LogP contribution is 2.40. The van der Waals surface area contributed by atoms with Crippen LogP contribution in [0.5, 0.6) is 0 Å². The van der Waals surface area contributed by atoms with Crippen molar-refractivity contribution in [3.8, 4) is 0 Å². The number of rotatable bonds is 9. The molecule has 8 nitrogen and oxygen atoms in total. The number of pyridine rings is 1. The van der Waals surface area contributed by atoms with Crippen LogP contribution in [0.15, 0.2) is 23.5 Å². The summed E-state index contributed by atoms with van der Waals surface area (Å²) >= 11 is 1.49. The van der Waals surface area contributed by atoms with E-state index in [2.05, 4.69) is 22.1 Å². The van der Waals surface area contributed by atoms with E-state index < -0.39 is 0 Å². The first-order valence-corrected chi connectivity index (χ1v) is 13.5. The van der Waals surface area contributed by atoms with E-state index in [1.807, 2.05) is 28.5 Å². The summed E-state index contributed by atoms with van der Waals surface area (Å²) < 4.78 is 4.01. The Labute approximate surface area is 202 Å². The topological polar surface area (TPSA) is 85.0 Å². The van der Waals surface area contributed by atoms with Crippen molar-refractivity contribution in [2.75, 3.05) is 11.6 Å². The standard InChI is InChI=1S/C25H30N6O2S/c1-4-30-18(25(33)31(15-7-8-15)16-9-10-16)11-17-22-21(26-13-29(22)2)23(28-24(17)30)27-20(34-3)12-19(32)14-5-6-14/h11-16H,4-10H2,1-3H3,(H,27,28). The average Bonchev–Trinajstić information content (AvgIpc) is 3.69. The Hall–Kier alpha value is -2.81. The van der Waals surface area contributed by atoms with Crippen molar-refractivity contribution in [3.05, 3.63) is 29.2 Å². The molecule has 0 aromatic carbocycles. The van der Waals surface area contributed by atoms with Gasteiger partial charge in [0.25, 0.3) is 5.91 Å². The maximum absolute atomic E-state index is 13.7. The minimum absolute atomic E-state index is 0.120. The molecule has 0 radical (unpaired) electrons. The lowest BCUT2D eigenvalue weighted by atomic mass is 10.2. The Bertz CT molecular complexity index is 1330. The van der Waals surface area contributed by atoms with E-state index in [4.69, 9.17) is 4.98 Å². The van der Waals surface area contributed by atoms with Crippen LogP contribution in [0, 0.1) is 5.92 Å². The van der Waals surface area contributed by atoms with E-state index in [1.165, 1.54) is 11.8 Å². The van der Waals surface area contributed by atoms with E-state index >= 15 is 0 Å². The van der Waals surface area contributed by atoms with Gasteiger partial charge in [0.15, 0.2) is 11.6 Å². The summed E-state index contributed by atoms with van der Waals surface area (Å²) in [4.78, 5) is 37.8. The van der Waals surface area contributed by atoms with Crippen molar-refractivity contribution < 1.29 is 9.59 Å². The Balaban J connectivity index is 1.46. The number of thioether (sulfide) groups is 1. The van der Waals surface area contributed by atoms with Gasteiger partial charge in [0.05, 0.1) is 16.9 Å². The third-order valence-corrected chi connectivity index (χ3v) is 7.73. The van der Waals surface area contributed by atoms with Crippen molar-refractivity contribution >= 4 is 51.3 Å². The highest BCUT2D eigenvalue weighted by molar-refractivity contribution is 8.02. The predicted octanol–water partition coefficient (Wildman–Crippen LogP) is 4.31. The molecule has 1 amide bonds. The van der Waals surface area contributed by atoms with Gasteiger partial charge in [-0.05, 0) is 57.8 Å². The summed E-state index contributed by atoms with van der Waals surface area (Å²) in [6, 6.07) is 2.79. The largest absolute Gasteiger partial charge is 0.333 e. The number of allylic oxidation sites excluding steroid dienone is 1. The molecule has 3 fully saturated rings. The van der Waals surface area contributed by atoms with Crippen LogP contribution >= 0.6 is 11.8 Å². The molecule has 3 aliphatic carbocycles. The predicted molar refractivity (Wildman–Crippen MR) is 135 cm³/mol. The molecule has 9 heteroatoms. The summed E-state index contributed by atoms with van der Waals surface area (Å²) in [5.41, 5.74) is 3.15. The molecule has 0 bridgehead atoms. The normalized spacial score (nSPS) is 18.6. The smallest absolute Gasteiger partial charge is 0.271 e. The Morgan fingerprint density at radius 3 is 2.50 bits per heavy atom. The van der Waals surface area contributed by atoms with Crippen LogP contribution in [0.3, 0.4) is 0 Å². The second kappa shape index (κ2) is 8.15. The molecule has 0 unspecified atom stereocenters. The number of fused-ring (bicyclic) bond motifs is 3. The first-order chi connectivity index (χ1) is 16.5. The fourth-order valence-corrected chi connectivity index (χ4v) is 5.28. The number of ketones is 1. The monoisotopic (exact) mass is 478 g/mol. The summed E-state index contributed by atoms with van der Waals surface area (Å²) in [5, 5.41) is 5.06. The third kappa shape index (κ3) is 3.70. The van der Waals surface area contributed by atoms with E-state index in [0.29, 0.717) is 30.1 Å². The fourth-order valence-electron chi connectivity index (χ4n) is 4.84. The SMILES string of the molecule is CCn1c(C(=O)N(C2CC2)C2CC2)cc2c3c(ncn3C)c(NC(=CC(=O)C3CC3)SC)nc21. The number of carbonyl (C=O) groups excluding carboxylic acids is 2. The lowest BCUT2D eigenvalue weighted by Gasteiger charge is -2.22. The van der Waals surface area contributed by atoms with Gasteiger partial charge in [-0.15, -0.1) is 11.8 Å². The molecule has 0 saturated heterocycles. The lowest BCUT2D eigenvalue weighted by molar-refractivity contribution is -0.115. The zero-order valence-corrected chi connectivity index (χ0v) is 20.7. The summed E-state index contributed by atoms with van der Waals surface area (Å²) in [6.07, 6.45) is 11.8. The average molecular weight is 479 g/mol. The number of aromatic nitrogens is 4. The van der Waals surface area contributed by atoms with Gasteiger partial charge in [0.2, 0.25) is 0 Å². The molecule has 0 spiro atoms. The molecule has 1 N–H and O–H groups in total. The molecule has 3 aliphatic rings. The maximum Gasteiger partial charge on any atom is 0.271 e. The quantitative estimate of drug-likeness (QED) is 0.462. The molecular formula is C25H30N6O2S. The third-order valence-electron chi connectivity index (χ3n) is 7.07. The van der Waals surface area contributed by atoms with Gasteiger partial charge >= 0.3 is 0 Å². The van der Waals surface area contributed by atoms with Crippen molar-refractivity contribution in [2.45, 2.75) is 64.1 Å². The molecule has 0 atom stereocenters. The van der Waals surface area contributed by atoms with Crippen LogP contribution < -0.4 is 5.32 Å². The lowest BCUT2D eigenvalue weighted by Crippen LogP contribution is -2.36. The van der Waals surface area contributed by atoms with E-state index in [9.17, 15) is 9.59 Å². The molecule has 34 heavy (non-hydrogen) atoms. The number of hydrogen-bond acceptors (Lipinski definition) is 6. The van der Waals surface area contributed by atoms with Gasteiger partial charge in [-0.1, -0.05) is 0 Å².